The first-order valence-electron chi connectivity index (χ1n) is 24.6. The summed E-state index contributed by atoms with van der Waals surface area (Å²) in [5.41, 5.74) is 6.21. The molecule has 0 unspecified atom stereocenters. The monoisotopic (exact) mass is 824 g/mol. The number of hydrogen-bond acceptors (Lipinski definition) is 3. The molecule has 298 valence electrons. The molecule has 0 spiro atoms. The highest BCUT2D eigenvalue weighted by Crippen LogP contribution is 2.42. The Kier molecular flexibility index (Phi) is 5.98. The van der Waals surface area contributed by atoms with Crippen LogP contribution in [0.1, 0.15) is 9.60 Å². The summed E-state index contributed by atoms with van der Waals surface area (Å²) in [7, 11) is 0. The highest BCUT2D eigenvalue weighted by molar-refractivity contribution is 6.13. The molecule has 0 saturated heterocycles. The van der Waals surface area contributed by atoms with Crippen molar-refractivity contribution < 1.29 is 9.60 Å². The Morgan fingerprint density at radius 2 is 0.594 bits per heavy atom. The number of fused-ring (bicyclic) bond motifs is 12. The van der Waals surface area contributed by atoms with Crippen molar-refractivity contribution in [3.05, 3.63) is 212 Å². The summed E-state index contributed by atoms with van der Waals surface area (Å²) in [6.07, 6.45) is 0. The van der Waals surface area contributed by atoms with Gasteiger partial charge in [-0.25, -0.2) is 0 Å². The first-order chi connectivity index (χ1) is 34.7. The van der Waals surface area contributed by atoms with Gasteiger partial charge in [0.2, 0.25) is 11.9 Å². The van der Waals surface area contributed by atoms with Gasteiger partial charge in [-0.15, -0.1) is 0 Å². The number of rotatable bonds is 5. The van der Waals surface area contributed by atoms with E-state index >= 15 is 0 Å². The van der Waals surface area contributed by atoms with Crippen LogP contribution in [0, 0.1) is 0 Å². The molecular weight excluding hydrogens is 783 g/mol. The van der Waals surface area contributed by atoms with Gasteiger partial charge in [0.15, 0.2) is 5.82 Å². The van der Waals surface area contributed by atoms with Gasteiger partial charge in [-0.05, 0) is 60.6 Å². The third-order valence-corrected chi connectivity index (χ3v) is 12.6. The summed E-state index contributed by atoms with van der Waals surface area (Å²) in [6, 6.07) is 53.2. The lowest BCUT2D eigenvalue weighted by Crippen LogP contribution is -2.12. The zero-order valence-electron chi connectivity index (χ0n) is 40.8. The summed E-state index contributed by atoms with van der Waals surface area (Å²) in [5.74, 6) is 0.287. The van der Waals surface area contributed by atoms with E-state index in [-0.39, 0.29) is 76.4 Å². The lowest BCUT2D eigenvalue weighted by Gasteiger charge is -2.20. The summed E-state index contributed by atoms with van der Waals surface area (Å²) in [4.78, 5) is 16.2. The molecule has 0 amide bonds. The van der Waals surface area contributed by atoms with Crippen LogP contribution in [0.4, 0.5) is 0 Å². The van der Waals surface area contributed by atoms with Crippen LogP contribution < -0.4 is 0 Å². The van der Waals surface area contributed by atoms with Crippen molar-refractivity contribution in [2.24, 2.45) is 0 Å². The van der Waals surface area contributed by atoms with Gasteiger partial charge >= 0.3 is 0 Å². The van der Waals surface area contributed by atoms with Crippen LogP contribution in [-0.4, -0.2) is 33.2 Å². The average Bonchev–Trinajstić information content (AvgIpc) is 4.15. The van der Waals surface area contributed by atoms with Crippen LogP contribution in [0.3, 0.4) is 0 Å². The van der Waals surface area contributed by atoms with Crippen LogP contribution in [0.15, 0.2) is 212 Å². The summed E-state index contributed by atoms with van der Waals surface area (Å²) in [6.45, 7) is 0. The lowest BCUT2D eigenvalue weighted by atomic mass is 10.1. The predicted octanol–water partition coefficient (Wildman–Crippen LogP) is 13.9. The molecule has 5 aromatic heterocycles. The number of nitrogens with zero attached hydrogens (tertiary/aromatic N) is 7. The predicted molar refractivity (Wildman–Crippen MR) is 263 cm³/mol. The van der Waals surface area contributed by atoms with Crippen molar-refractivity contribution in [3.63, 3.8) is 0 Å². The Morgan fingerprint density at radius 3 is 0.984 bits per heavy atom. The zero-order valence-corrected chi connectivity index (χ0v) is 33.8. The maximum Gasteiger partial charge on any atom is 0.240 e. The van der Waals surface area contributed by atoms with Crippen molar-refractivity contribution in [1.82, 2.24) is 33.2 Å². The molecule has 0 atom stereocenters. The average molecular weight is 825 g/mol. The van der Waals surface area contributed by atoms with Crippen molar-refractivity contribution >= 4 is 87.2 Å². The molecule has 5 heterocycles. The first-order valence-corrected chi connectivity index (χ1v) is 21.1. The van der Waals surface area contributed by atoms with E-state index in [0.717, 1.165) is 65.4 Å². The molecule has 0 saturated carbocycles. The molecule has 0 aliphatic carbocycles. The van der Waals surface area contributed by atoms with Crippen LogP contribution in [0.2, 0.25) is 0 Å². The maximum atomic E-state index is 10.1. The SMILES string of the molecule is [2H]c1c([2H])c(-n2c3ccccc3c3ccccc32)c(-c2nc(-n3c4ccccc4c4ccccc43)nc(-n3c4ccccc4c4c([2H])c([2H])c([2H])c([2H])c43)n2)c(-n2c3ccccc3c3ccccc32)c1[2H]. The number of aromatic nitrogens is 7. The lowest BCUT2D eigenvalue weighted by molar-refractivity contribution is 0.890. The fourth-order valence-corrected chi connectivity index (χ4v) is 9.94. The molecule has 0 fully saturated rings. The van der Waals surface area contributed by atoms with Gasteiger partial charge < -0.3 is 9.13 Å². The van der Waals surface area contributed by atoms with Crippen molar-refractivity contribution in [3.8, 4) is 34.7 Å². The van der Waals surface area contributed by atoms with Gasteiger partial charge in [0.1, 0.15) is 0 Å². The van der Waals surface area contributed by atoms with E-state index in [9.17, 15) is 6.85 Å². The van der Waals surface area contributed by atoms with E-state index in [2.05, 4.69) is 0 Å². The van der Waals surface area contributed by atoms with Gasteiger partial charge in [-0.2, -0.15) is 15.0 Å². The van der Waals surface area contributed by atoms with E-state index in [0.29, 0.717) is 16.3 Å². The molecule has 7 heteroatoms. The summed E-state index contributed by atoms with van der Waals surface area (Å²) < 4.78 is 73.9. The maximum absolute atomic E-state index is 10.1. The van der Waals surface area contributed by atoms with Gasteiger partial charge in [-0.1, -0.05) is 152 Å². The van der Waals surface area contributed by atoms with Crippen LogP contribution in [0.25, 0.3) is 122 Å². The normalized spacial score (nSPS) is 13.6. The van der Waals surface area contributed by atoms with E-state index in [1.807, 2.05) is 184 Å². The molecule has 0 aliphatic heterocycles. The van der Waals surface area contributed by atoms with E-state index in [4.69, 9.17) is 17.7 Å². The molecule has 0 N–H and O–H groups in total. The van der Waals surface area contributed by atoms with Crippen LogP contribution >= 0.6 is 0 Å². The second-order valence-corrected chi connectivity index (χ2v) is 15.9. The van der Waals surface area contributed by atoms with Crippen molar-refractivity contribution in [1.29, 1.82) is 0 Å². The molecule has 0 aliphatic rings. The third kappa shape index (κ3) is 4.83. The highest BCUT2D eigenvalue weighted by atomic mass is 15.3. The second kappa shape index (κ2) is 13.3. The van der Waals surface area contributed by atoms with Gasteiger partial charge in [0, 0.05) is 43.1 Å². The highest BCUT2D eigenvalue weighted by Gasteiger charge is 2.26. The number of benzene rings is 9. The van der Waals surface area contributed by atoms with Crippen LogP contribution in [0.5, 0.6) is 0 Å². The molecule has 14 aromatic rings. The molecular formula is C57H35N7. The summed E-state index contributed by atoms with van der Waals surface area (Å²) >= 11 is 0. The number of hydrogen-bond donors (Lipinski definition) is 0. The molecule has 0 radical (unpaired) electrons. The molecule has 0 bridgehead atoms. The fraction of sp³-hybridized carbons (Fsp3) is 0. The quantitative estimate of drug-likeness (QED) is 0.174. The van der Waals surface area contributed by atoms with Gasteiger partial charge in [0.25, 0.3) is 0 Å². The molecule has 7 nitrogen and oxygen atoms in total. The topological polar surface area (TPSA) is 58.4 Å². The zero-order chi connectivity index (χ0) is 48.0. The van der Waals surface area contributed by atoms with E-state index in [1.54, 1.807) is 4.57 Å². The minimum absolute atomic E-state index is 0.0393. The van der Waals surface area contributed by atoms with Gasteiger partial charge in [-0.3, -0.25) is 9.13 Å². The van der Waals surface area contributed by atoms with Crippen molar-refractivity contribution in [2.75, 3.05) is 0 Å². The smallest absolute Gasteiger partial charge is 0.240 e. The molecule has 9 aromatic carbocycles. The third-order valence-electron chi connectivity index (χ3n) is 12.6. The standard InChI is InChI=1S/C57H35N7/c1-9-26-44-36(18-1)37-19-2-10-27-45(37)61(44)52-34-17-35-53(62-46-28-11-3-20-38(46)39-21-4-12-29-47(39)62)54(52)55-58-56(63-48-30-13-5-22-40(48)41-23-6-14-31-49(41)63)60-57(59-55)64-50-32-15-7-24-42(50)43-25-8-16-33-51(43)64/h1-35H/i5D,13D,17D,22D,30D,34D,35D. The second-order valence-electron chi connectivity index (χ2n) is 15.9. The Labute approximate surface area is 375 Å². The largest absolute Gasteiger partial charge is 0.308 e. The summed E-state index contributed by atoms with van der Waals surface area (Å²) in [5, 5.41) is 6.50. The van der Waals surface area contributed by atoms with Crippen LogP contribution in [-0.2, 0) is 0 Å². The van der Waals surface area contributed by atoms with E-state index in [1.165, 1.54) is 0 Å². The Bertz CT molecular complexity index is 4340. The minimum atomic E-state index is -0.408. The Hall–Kier alpha value is -8.81. The Morgan fingerprint density at radius 1 is 0.281 bits per heavy atom. The first kappa shape index (κ1) is 28.7. The van der Waals surface area contributed by atoms with Gasteiger partial charge in [0.05, 0.1) is 70.7 Å². The number of para-hydroxylation sites is 8. The minimum Gasteiger partial charge on any atom is -0.308 e. The molecule has 64 heavy (non-hydrogen) atoms. The Balaban J connectivity index is 1.24. The van der Waals surface area contributed by atoms with Crippen molar-refractivity contribution in [2.45, 2.75) is 0 Å². The fourth-order valence-electron chi connectivity index (χ4n) is 9.94. The molecule has 14 rings (SSSR count). The van der Waals surface area contributed by atoms with E-state index < -0.39 is 6.04 Å².